The lowest BCUT2D eigenvalue weighted by Crippen LogP contribution is -2.60. The summed E-state index contributed by atoms with van der Waals surface area (Å²) >= 11 is 14.3. The summed E-state index contributed by atoms with van der Waals surface area (Å²) in [6.07, 6.45) is -11.7. The smallest absolute Gasteiger partial charge is 0.264 e. The van der Waals surface area contributed by atoms with Gasteiger partial charge in [0, 0.05) is 61.9 Å². The number of fused-ring (bicyclic) bond motifs is 15. The van der Waals surface area contributed by atoms with Crippen LogP contribution in [0.3, 0.4) is 0 Å². The van der Waals surface area contributed by atoms with Crippen LogP contribution in [0.5, 0.6) is 51.7 Å². The molecule has 620 valence electrons. The first-order valence-corrected chi connectivity index (χ1v) is 41.0. The predicted octanol–water partition coefficient (Wildman–Crippen LogP) is 7.16. The highest BCUT2D eigenvalue weighted by molar-refractivity contribution is 7.90. The van der Waals surface area contributed by atoms with E-state index in [0.717, 1.165) is 80.6 Å². The van der Waals surface area contributed by atoms with E-state index >= 15 is 28.8 Å². The number of benzene rings is 6. The van der Waals surface area contributed by atoms with Gasteiger partial charge in [-0.1, -0.05) is 62.2 Å². The molecule has 5 amide bonds. The second-order valence-electron chi connectivity index (χ2n) is 32.2. The van der Waals surface area contributed by atoms with Crippen molar-refractivity contribution in [1.29, 1.82) is 0 Å². The summed E-state index contributed by atoms with van der Waals surface area (Å²) in [5.41, 5.74) is 4.31. The highest BCUT2D eigenvalue weighted by atomic mass is 35.5. The van der Waals surface area contributed by atoms with Crippen molar-refractivity contribution in [2.24, 2.45) is 53.1 Å². The van der Waals surface area contributed by atoms with Crippen molar-refractivity contribution >= 4 is 80.1 Å². The number of aromatic hydroxyl groups is 3. The van der Waals surface area contributed by atoms with Gasteiger partial charge in [-0.05, 0) is 201 Å². The van der Waals surface area contributed by atoms with E-state index in [1.807, 2.05) is 37.6 Å². The molecule has 0 spiro atoms. The van der Waals surface area contributed by atoms with Gasteiger partial charge >= 0.3 is 0 Å². The Morgan fingerprint density at radius 2 is 1.30 bits per heavy atom. The summed E-state index contributed by atoms with van der Waals surface area (Å²) in [5.74, 6) is -16.4. The van der Waals surface area contributed by atoms with Gasteiger partial charge in [-0.15, -0.1) is 0 Å². The maximum atomic E-state index is 16.6. The van der Waals surface area contributed by atoms with Crippen LogP contribution in [0, 0.1) is 47.3 Å². The molecular weight excluding hydrogens is 1570 g/mol. The Hall–Kier alpha value is -9.51. The summed E-state index contributed by atoms with van der Waals surface area (Å²) in [6, 6.07) is 11.9. The third-order valence-electron chi connectivity index (χ3n) is 23.4. The normalized spacial score (nSPS) is 28.1. The number of nitrogens with zero attached hydrogens (tertiary/aromatic N) is 1. The minimum Gasteiger partial charge on any atom is -0.508 e. The number of halogens is 2. The molecule has 6 aliphatic heterocycles. The molecule has 33 heteroatoms. The van der Waals surface area contributed by atoms with E-state index < -0.39 is 213 Å². The summed E-state index contributed by atoms with van der Waals surface area (Å²) in [4.78, 5) is 126. The van der Waals surface area contributed by atoms with E-state index in [4.69, 9.17) is 52.6 Å². The van der Waals surface area contributed by atoms with Crippen molar-refractivity contribution < 1.29 is 111 Å². The molecule has 0 aromatic heterocycles. The Balaban J connectivity index is 0.996. The van der Waals surface area contributed by atoms with Crippen LogP contribution < -0.4 is 50.7 Å². The van der Waals surface area contributed by atoms with Crippen molar-refractivity contribution in [1.82, 2.24) is 30.9 Å². The van der Waals surface area contributed by atoms with Gasteiger partial charge in [-0.2, -0.15) is 0 Å². The average molecular weight is 1660 g/mol. The average Bonchev–Trinajstić information content (AvgIpc) is 0.757. The van der Waals surface area contributed by atoms with Crippen molar-refractivity contribution in [2.75, 3.05) is 33.8 Å². The first-order valence-electron chi connectivity index (χ1n) is 38.8. The minimum absolute atomic E-state index is 0.0577. The Labute approximate surface area is 678 Å². The summed E-state index contributed by atoms with van der Waals surface area (Å²) in [7, 11) is -1.20. The molecule has 116 heavy (non-hydrogen) atoms. The van der Waals surface area contributed by atoms with Crippen LogP contribution in [0.15, 0.2) is 108 Å². The number of carbonyl (C=O) groups excluding carboxylic acids is 8. The fourth-order valence-corrected chi connectivity index (χ4v) is 19.0. The van der Waals surface area contributed by atoms with E-state index in [1.165, 1.54) is 54.6 Å². The van der Waals surface area contributed by atoms with Gasteiger partial charge in [0.15, 0.2) is 28.8 Å². The molecular formula is C83H95Cl2N7O23S. The number of likely N-dealkylation sites (N-methyl/N-ethyl adjacent to an activating group) is 1. The van der Waals surface area contributed by atoms with Crippen LogP contribution in [0.25, 0.3) is 11.1 Å². The fraction of sp³-hybridized carbons (Fsp3) is 0.470. The lowest BCUT2D eigenvalue weighted by molar-refractivity contribution is -0.270. The second-order valence-corrected chi connectivity index (χ2v) is 34.7. The molecule has 16 rings (SSSR count). The van der Waals surface area contributed by atoms with Gasteiger partial charge in [0.1, 0.15) is 102 Å². The molecule has 0 unspecified atom stereocenters. The number of ketones is 3. The number of Topliss-reactive ketones (excluding diaryl/α,β-unsaturated/α-hetero) is 3. The summed E-state index contributed by atoms with van der Waals surface area (Å²) in [5, 5.41) is 105. The quantitative estimate of drug-likeness (QED) is 0.0382. The van der Waals surface area contributed by atoms with Gasteiger partial charge in [-0.25, -0.2) is 13.1 Å². The van der Waals surface area contributed by atoms with Gasteiger partial charge in [-0.3, -0.25) is 38.4 Å². The van der Waals surface area contributed by atoms with Crippen LogP contribution in [0.2, 0.25) is 10.0 Å². The molecule has 14 atom stereocenters. The highest BCUT2D eigenvalue weighted by Crippen LogP contribution is 2.58. The first kappa shape index (κ1) is 84.4. The molecule has 6 aromatic carbocycles. The molecule has 4 saturated carbocycles. The predicted molar refractivity (Wildman–Crippen MR) is 418 cm³/mol. The zero-order chi connectivity index (χ0) is 83.2. The standard InChI is InChI=1S/C83H95Cl2N7O23S/c1-6-40(19-37(2)3)79(105)89-71-59(96)28-47(31-67(99)91-116(109,110)50-12-10-49(11-13-50)111-18-17-92(4)5)80(106)87-69-46-29-64(112-62-15-8-42(73(71)100)26-55(62)84)78(115-83-77(104)76(103)75(102)66(36-86)114-83)65(30-46)113-63-16-9-43(27-56(63)85)74(101)72-82(108)88-70(61(98)34-51-44-21-38-20-39(23-44)24-45(51)22-38)54-32-48(93)33-58(95)68(54)53-25-41(7-14-57(53)94)52(35-60(69)97)81(107)90-72/h7-16,25-27,29-30,32-33,37-40,44-45,47,51-52,66,69-77,83,93-95,100-104H,6,17-24,28,31,34-36,86H2,1-5H3,(H,87,106)(H,88,108)(H,89,105)(H,90,107)(H,91,99)/t38?,39?,40-,44?,45?,47+,51?,52-,66-,69-,70+,71+,72+,73-,74-,75-,76+,77-,83+/m1/s1. The molecule has 10 aliphatic rings. The molecule has 4 aliphatic carbocycles. The van der Waals surface area contributed by atoms with E-state index in [-0.39, 0.29) is 104 Å². The Bertz CT molecular complexity index is 4890. The number of rotatable bonds is 19. The number of sulfonamides is 1. The van der Waals surface area contributed by atoms with Gasteiger partial charge in [0.25, 0.3) is 10.0 Å². The molecule has 30 nitrogen and oxygen atoms in total. The Kier molecular flexibility index (Phi) is 25.4. The number of nitrogens with one attached hydrogen (secondary N) is 5. The monoisotopic (exact) mass is 1660 g/mol. The van der Waals surface area contributed by atoms with Crippen LogP contribution in [-0.2, 0) is 53.1 Å². The molecule has 15 N–H and O–H groups in total. The van der Waals surface area contributed by atoms with Crippen LogP contribution >= 0.6 is 23.2 Å². The zero-order valence-corrected chi connectivity index (χ0v) is 66.5. The van der Waals surface area contributed by atoms with Crippen LogP contribution in [0.4, 0.5) is 0 Å². The highest BCUT2D eigenvalue weighted by Gasteiger charge is 2.51. The molecule has 5 fully saturated rings. The summed E-state index contributed by atoms with van der Waals surface area (Å²) < 4.78 is 61.9. The zero-order valence-electron chi connectivity index (χ0n) is 64.2. The number of phenols is 3. The van der Waals surface area contributed by atoms with E-state index in [1.54, 1.807) is 6.92 Å². The lowest BCUT2D eigenvalue weighted by Gasteiger charge is -2.54. The third kappa shape index (κ3) is 18.1. The van der Waals surface area contributed by atoms with Crippen LogP contribution in [-0.4, -0.2) is 178 Å². The van der Waals surface area contributed by atoms with E-state index in [2.05, 4.69) is 21.3 Å². The number of aliphatic hydroxyl groups is 5. The number of hydrogen-bond donors (Lipinski definition) is 14. The molecule has 6 aromatic rings. The topological polar surface area (TPSA) is 468 Å². The number of carbonyl (C=O) groups is 8. The van der Waals surface area contributed by atoms with Gasteiger partial charge in [0.05, 0.1) is 26.8 Å². The Morgan fingerprint density at radius 3 is 1.91 bits per heavy atom. The first-order chi connectivity index (χ1) is 55.1. The third-order valence-corrected chi connectivity index (χ3v) is 25.4. The summed E-state index contributed by atoms with van der Waals surface area (Å²) in [6.45, 7) is 5.74. The van der Waals surface area contributed by atoms with Gasteiger partial charge < -0.3 is 96.4 Å². The lowest BCUT2D eigenvalue weighted by atomic mass is 9.51. The number of ether oxygens (including phenoxy) is 5. The number of aliphatic hydroxyl groups excluding tert-OH is 5. The maximum absolute atomic E-state index is 16.6. The van der Waals surface area contributed by atoms with E-state index in [0.29, 0.717) is 24.8 Å². The number of nitrogens with two attached hydrogens (primary N) is 1. The molecule has 1 saturated heterocycles. The molecule has 15 bridgehead atoms. The Morgan fingerprint density at radius 1 is 0.672 bits per heavy atom. The largest absolute Gasteiger partial charge is 0.508 e. The molecule has 6 heterocycles. The number of hydrogen-bond acceptors (Lipinski definition) is 25. The number of amides is 5. The van der Waals surface area contributed by atoms with Crippen molar-refractivity contribution in [2.45, 2.75) is 169 Å². The van der Waals surface area contributed by atoms with E-state index in [9.17, 15) is 58.9 Å². The second kappa shape index (κ2) is 35.0. The number of phenolic OH excluding ortho intramolecular Hbond substituents is 3. The van der Waals surface area contributed by atoms with Gasteiger partial charge in [0.2, 0.25) is 41.6 Å². The molecule has 0 radical (unpaired) electrons. The SMILES string of the molecule is CC[C@H](CC(C)C)C(=O)N[C@H]1C(=O)C[C@@H](CC(=O)NS(=O)(=O)c2ccc(OCCN(C)C)cc2)C(=O)N[C@H]2C(=O)C[C@H]3C(=O)N[C@H](C(=O)N[C@H](C(=O)CC4C5CC6CC(C5)CC4C6)c4cc(O)cc(O)c4-c4cc3ccc4O)[C@H](O)c3ccc(c(Cl)c3)Oc3cc2cc(c3O[C@@H]2O[C@H](CN)[C@@H](O)[C@H](O)[C@H]2O)Oc2ccc(cc2Cl)[C@H]1O. The minimum atomic E-state index is -4.85. The van der Waals surface area contributed by atoms with Crippen molar-refractivity contribution in [3.05, 3.63) is 141 Å². The maximum Gasteiger partial charge on any atom is 0.264 e. The van der Waals surface area contributed by atoms with Crippen LogP contribution in [0.1, 0.15) is 149 Å². The fourth-order valence-electron chi connectivity index (χ4n) is 17.6. The van der Waals surface area contributed by atoms with Crippen molar-refractivity contribution in [3.63, 3.8) is 0 Å². The van der Waals surface area contributed by atoms with Crippen molar-refractivity contribution in [3.8, 4) is 62.9 Å².